The van der Waals surface area contributed by atoms with Gasteiger partial charge in [0.2, 0.25) is 0 Å². The highest BCUT2D eigenvalue weighted by atomic mass is 19.1. The molecule has 0 saturated carbocycles. The number of hydrogen-bond acceptors (Lipinski definition) is 2. The molecule has 0 aromatic carbocycles. The SMILES string of the molecule is CF.NC1CCCOC1. The van der Waals surface area contributed by atoms with Crippen LogP contribution in [0.15, 0.2) is 0 Å². The van der Waals surface area contributed by atoms with Crippen molar-refractivity contribution in [1.29, 1.82) is 0 Å². The van der Waals surface area contributed by atoms with Gasteiger partial charge in [-0.3, -0.25) is 4.39 Å². The predicted molar refractivity (Wildman–Crippen MR) is 35.1 cm³/mol. The lowest BCUT2D eigenvalue weighted by Crippen LogP contribution is -2.30. The van der Waals surface area contributed by atoms with Crippen LogP contribution in [-0.4, -0.2) is 26.4 Å². The summed E-state index contributed by atoms with van der Waals surface area (Å²) in [6, 6.07) is 0.314. The highest BCUT2D eigenvalue weighted by molar-refractivity contribution is 4.63. The molecule has 1 atom stereocenters. The summed E-state index contributed by atoms with van der Waals surface area (Å²) < 4.78 is 14.6. The van der Waals surface area contributed by atoms with Crippen LogP contribution in [0.2, 0.25) is 0 Å². The normalized spacial score (nSPS) is 26.3. The summed E-state index contributed by atoms with van der Waals surface area (Å²) >= 11 is 0. The summed E-state index contributed by atoms with van der Waals surface area (Å²) in [4.78, 5) is 0. The van der Waals surface area contributed by atoms with Gasteiger partial charge >= 0.3 is 0 Å². The molecule has 1 heterocycles. The third kappa shape index (κ3) is 4.36. The van der Waals surface area contributed by atoms with E-state index in [9.17, 15) is 4.39 Å². The summed E-state index contributed by atoms with van der Waals surface area (Å²) in [6.45, 7) is 1.67. The maximum absolute atomic E-state index is 9.50. The Labute approximate surface area is 55.2 Å². The highest BCUT2D eigenvalue weighted by Gasteiger charge is 2.06. The van der Waals surface area contributed by atoms with Crippen molar-refractivity contribution in [2.45, 2.75) is 18.9 Å². The smallest absolute Gasteiger partial charge is 0.0785 e. The van der Waals surface area contributed by atoms with Crippen molar-refractivity contribution in [1.82, 2.24) is 0 Å². The number of halogens is 1. The third-order valence-corrected chi connectivity index (χ3v) is 1.20. The van der Waals surface area contributed by atoms with Crippen LogP contribution in [0.1, 0.15) is 12.8 Å². The Balaban J connectivity index is 0.000000291. The fourth-order valence-electron chi connectivity index (χ4n) is 0.766. The van der Waals surface area contributed by atoms with E-state index in [2.05, 4.69) is 0 Å². The molecule has 0 spiro atoms. The number of hydrogen-bond donors (Lipinski definition) is 1. The molecule has 2 N–H and O–H groups in total. The second-order valence-corrected chi connectivity index (χ2v) is 1.98. The predicted octanol–water partition coefficient (Wildman–Crippen LogP) is 0.710. The molecule has 9 heavy (non-hydrogen) atoms. The zero-order valence-electron chi connectivity index (χ0n) is 5.77. The van der Waals surface area contributed by atoms with Crippen molar-refractivity contribution in [2.75, 3.05) is 20.4 Å². The average molecular weight is 135 g/mol. The molecule has 1 unspecified atom stereocenters. The van der Waals surface area contributed by atoms with E-state index >= 15 is 0 Å². The molecule has 1 fully saturated rings. The topological polar surface area (TPSA) is 35.2 Å². The summed E-state index contributed by atoms with van der Waals surface area (Å²) in [5, 5.41) is 0. The molecule has 1 saturated heterocycles. The average Bonchev–Trinajstić information content (AvgIpc) is 1.94. The van der Waals surface area contributed by atoms with Gasteiger partial charge in [0, 0.05) is 12.6 Å². The van der Waals surface area contributed by atoms with Crippen molar-refractivity contribution in [3.63, 3.8) is 0 Å². The Hall–Kier alpha value is -0.150. The minimum atomic E-state index is 0.314. The minimum absolute atomic E-state index is 0.314. The molecule has 56 valence electrons. The zero-order valence-corrected chi connectivity index (χ0v) is 5.77. The van der Waals surface area contributed by atoms with Gasteiger partial charge in [-0.15, -0.1) is 0 Å². The van der Waals surface area contributed by atoms with E-state index in [1.165, 1.54) is 0 Å². The van der Waals surface area contributed by atoms with Crippen molar-refractivity contribution in [3.8, 4) is 0 Å². The maximum atomic E-state index is 9.50. The van der Waals surface area contributed by atoms with Crippen LogP contribution >= 0.6 is 0 Å². The largest absolute Gasteiger partial charge is 0.380 e. The van der Waals surface area contributed by atoms with Crippen molar-refractivity contribution < 1.29 is 9.13 Å². The molecule has 0 radical (unpaired) electrons. The molecule has 0 aliphatic carbocycles. The maximum Gasteiger partial charge on any atom is 0.0785 e. The molecule has 2 nitrogen and oxygen atoms in total. The van der Waals surface area contributed by atoms with Crippen LogP contribution in [0.5, 0.6) is 0 Å². The molecular weight excluding hydrogens is 121 g/mol. The number of alkyl halides is 1. The highest BCUT2D eigenvalue weighted by Crippen LogP contribution is 2.01. The third-order valence-electron chi connectivity index (χ3n) is 1.20. The first kappa shape index (κ1) is 8.85. The number of rotatable bonds is 0. The van der Waals surface area contributed by atoms with E-state index in [1.54, 1.807) is 0 Å². The van der Waals surface area contributed by atoms with E-state index in [0.29, 0.717) is 13.2 Å². The van der Waals surface area contributed by atoms with E-state index in [-0.39, 0.29) is 0 Å². The first-order valence-electron chi connectivity index (χ1n) is 3.11. The van der Waals surface area contributed by atoms with E-state index in [0.717, 1.165) is 26.1 Å². The minimum Gasteiger partial charge on any atom is -0.380 e. The zero-order chi connectivity index (χ0) is 7.11. The van der Waals surface area contributed by atoms with Crippen LogP contribution in [0.3, 0.4) is 0 Å². The molecule has 0 aromatic heterocycles. The van der Waals surface area contributed by atoms with Crippen molar-refractivity contribution in [2.24, 2.45) is 5.73 Å². The van der Waals surface area contributed by atoms with Crippen molar-refractivity contribution in [3.05, 3.63) is 0 Å². The lowest BCUT2D eigenvalue weighted by atomic mass is 10.1. The van der Waals surface area contributed by atoms with Gasteiger partial charge in [-0.05, 0) is 12.8 Å². The van der Waals surface area contributed by atoms with Gasteiger partial charge < -0.3 is 10.5 Å². The van der Waals surface area contributed by atoms with E-state index < -0.39 is 0 Å². The molecular formula is C6H14FNO. The van der Waals surface area contributed by atoms with Gasteiger partial charge in [-0.25, -0.2) is 0 Å². The lowest BCUT2D eigenvalue weighted by molar-refractivity contribution is 0.0822. The first-order chi connectivity index (χ1) is 4.39. The van der Waals surface area contributed by atoms with Crippen molar-refractivity contribution >= 4 is 0 Å². The number of nitrogens with two attached hydrogens (primary N) is 1. The van der Waals surface area contributed by atoms with E-state index in [4.69, 9.17) is 10.5 Å². The second-order valence-electron chi connectivity index (χ2n) is 1.98. The Morgan fingerprint density at radius 2 is 2.22 bits per heavy atom. The van der Waals surface area contributed by atoms with Gasteiger partial charge in [-0.2, -0.15) is 0 Å². The van der Waals surface area contributed by atoms with Gasteiger partial charge in [0.25, 0.3) is 0 Å². The van der Waals surface area contributed by atoms with Crippen LogP contribution in [0.4, 0.5) is 4.39 Å². The van der Waals surface area contributed by atoms with Gasteiger partial charge in [0.05, 0.1) is 13.8 Å². The summed E-state index contributed by atoms with van der Waals surface area (Å²) in [6.07, 6.45) is 2.28. The molecule has 3 heteroatoms. The quantitative estimate of drug-likeness (QED) is 0.531. The molecule has 0 bridgehead atoms. The molecule has 1 aliphatic rings. The molecule has 1 rings (SSSR count). The van der Waals surface area contributed by atoms with Crippen LogP contribution in [0.25, 0.3) is 0 Å². The fraction of sp³-hybridized carbons (Fsp3) is 1.00. The molecule has 1 aliphatic heterocycles. The van der Waals surface area contributed by atoms with Crippen LogP contribution in [-0.2, 0) is 4.74 Å². The second kappa shape index (κ2) is 5.98. The Morgan fingerprint density at radius 1 is 1.56 bits per heavy atom. The van der Waals surface area contributed by atoms with Gasteiger partial charge in [-0.1, -0.05) is 0 Å². The number of ether oxygens (including phenoxy) is 1. The summed E-state index contributed by atoms with van der Waals surface area (Å²) in [5.74, 6) is 0. The molecule has 0 amide bonds. The lowest BCUT2D eigenvalue weighted by Gasteiger charge is -2.16. The van der Waals surface area contributed by atoms with Crippen LogP contribution in [0, 0.1) is 0 Å². The van der Waals surface area contributed by atoms with Gasteiger partial charge in [0.15, 0.2) is 0 Å². The van der Waals surface area contributed by atoms with E-state index in [1.807, 2.05) is 0 Å². The van der Waals surface area contributed by atoms with Gasteiger partial charge in [0.1, 0.15) is 0 Å². The summed E-state index contributed by atoms with van der Waals surface area (Å²) in [7, 11) is 0.500. The monoisotopic (exact) mass is 135 g/mol. The Morgan fingerprint density at radius 3 is 2.44 bits per heavy atom. The first-order valence-corrected chi connectivity index (χ1v) is 3.11. The van der Waals surface area contributed by atoms with Crippen LogP contribution < -0.4 is 5.73 Å². The fourth-order valence-corrected chi connectivity index (χ4v) is 0.766. The Kier molecular flexibility index (Phi) is 5.88. The standard InChI is InChI=1S/C5H11NO.CH3F/c6-5-2-1-3-7-4-5;1-2/h5H,1-4,6H2;1H3. The summed E-state index contributed by atoms with van der Waals surface area (Å²) in [5.41, 5.74) is 5.51. The Bertz CT molecular complexity index is 55.0. The molecule has 0 aromatic rings.